The Morgan fingerprint density at radius 1 is 0.622 bits per heavy atom. The molecule has 5 aromatic rings. The van der Waals surface area contributed by atoms with Gasteiger partial charge in [0.05, 0.1) is 11.1 Å². The van der Waals surface area contributed by atoms with Crippen molar-refractivity contribution < 1.29 is 25.5 Å². The van der Waals surface area contributed by atoms with Crippen LogP contribution in [0.25, 0.3) is 33.8 Å². The van der Waals surface area contributed by atoms with Gasteiger partial charge in [-0.1, -0.05) is 48.5 Å². The number of rotatable bonds is 4. The van der Waals surface area contributed by atoms with Crippen LogP contribution in [0, 0.1) is 0 Å². The molecule has 0 radical (unpaired) electrons. The maximum absolute atomic E-state index is 10.2. The fourth-order valence-corrected chi connectivity index (χ4v) is 5.06. The molecule has 6 rings (SSSR count). The van der Waals surface area contributed by atoms with E-state index in [1.165, 1.54) is 22.2 Å². The van der Waals surface area contributed by atoms with Crippen molar-refractivity contribution in [1.29, 1.82) is 0 Å². The number of anilines is 1. The van der Waals surface area contributed by atoms with Gasteiger partial charge in [-0.05, 0) is 54.8 Å². The monoisotopic (exact) mass is 492 g/mol. The summed E-state index contributed by atoms with van der Waals surface area (Å²) >= 11 is 0. The molecule has 0 fully saturated rings. The van der Waals surface area contributed by atoms with E-state index in [1.54, 1.807) is 24.3 Å². The lowest BCUT2D eigenvalue weighted by Gasteiger charge is -2.19. The first-order valence-electron chi connectivity index (χ1n) is 11.9. The molecule has 7 heteroatoms. The molecule has 37 heavy (non-hydrogen) atoms. The third kappa shape index (κ3) is 3.60. The average Bonchev–Trinajstić information content (AvgIpc) is 3.26. The van der Waals surface area contributed by atoms with Crippen LogP contribution in [0.1, 0.15) is 17.7 Å². The minimum Gasteiger partial charge on any atom is -0.504 e. The SMILES string of the molecule is Oc1c(O)c(O)c(-c2ccc(NC3=Cc4c(n(-c5ccccc5)c5ccccc45)CC3)cc2)c(O)c1O. The lowest BCUT2D eigenvalue weighted by atomic mass is 9.99. The van der Waals surface area contributed by atoms with Crippen LogP contribution < -0.4 is 5.32 Å². The summed E-state index contributed by atoms with van der Waals surface area (Å²) in [6, 6.07) is 25.6. The second kappa shape index (κ2) is 8.57. The zero-order valence-corrected chi connectivity index (χ0v) is 19.7. The Morgan fingerprint density at radius 2 is 1.24 bits per heavy atom. The summed E-state index contributed by atoms with van der Waals surface area (Å²) in [6.45, 7) is 0. The first kappa shape index (κ1) is 22.4. The molecule has 6 N–H and O–H groups in total. The molecule has 0 spiro atoms. The van der Waals surface area contributed by atoms with E-state index in [4.69, 9.17) is 0 Å². The van der Waals surface area contributed by atoms with Crippen LogP contribution in [-0.2, 0) is 6.42 Å². The van der Waals surface area contributed by atoms with Crippen LogP contribution in [0.4, 0.5) is 5.69 Å². The van der Waals surface area contributed by atoms with Gasteiger partial charge in [0.2, 0.25) is 17.2 Å². The average molecular weight is 493 g/mol. The van der Waals surface area contributed by atoms with Crippen molar-refractivity contribution in [3.63, 3.8) is 0 Å². The molecule has 1 aliphatic rings. The molecule has 1 heterocycles. The van der Waals surface area contributed by atoms with Gasteiger partial charge in [-0.15, -0.1) is 0 Å². The minimum atomic E-state index is -0.978. The van der Waals surface area contributed by atoms with Crippen molar-refractivity contribution in [2.45, 2.75) is 12.8 Å². The zero-order chi connectivity index (χ0) is 25.7. The van der Waals surface area contributed by atoms with Crippen molar-refractivity contribution in [3.8, 4) is 45.6 Å². The molecule has 0 atom stereocenters. The molecule has 0 amide bonds. The van der Waals surface area contributed by atoms with Gasteiger partial charge in [0, 0.05) is 33.7 Å². The van der Waals surface area contributed by atoms with E-state index in [2.05, 4.69) is 52.4 Å². The molecule has 0 saturated heterocycles. The van der Waals surface area contributed by atoms with Crippen LogP contribution in [0.3, 0.4) is 0 Å². The quantitative estimate of drug-likeness (QED) is 0.131. The zero-order valence-electron chi connectivity index (χ0n) is 19.7. The predicted octanol–water partition coefficient (Wildman–Crippen LogP) is 6.22. The van der Waals surface area contributed by atoms with Gasteiger partial charge in [-0.2, -0.15) is 0 Å². The first-order valence-corrected chi connectivity index (χ1v) is 11.9. The van der Waals surface area contributed by atoms with Gasteiger partial charge in [-0.25, -0.2) is 0 Å². The number of hydrogen-bond acceptors (Lipinski definition) is 6. The standard InChI is InChI=1S/C30H24N2O5/c33-26-25(27(34)29(36)30(37)28(26)35)17-10-12-18(13-11-17)31-19-14-15-24-22(16-19)21-8-4-5-9-23(21)32(24)20-6-2-1-3-7-20/h1-13,16,31,33-37H,14-15H2. The number of phenolic OH excluding ortho intramolecular Hbond substituents is 5. The van der Waals surface area contributed by atoms with Crippen LogP contribution >= 0.6 is 0 Å². The fraction of sp³-hybridized carbons (Fsp3) is 0.0667. The molecule has 0 aliphatic heterocycles. The van der Waals surface area contributed by atoms with Crippen LogP contribution in [0.5, 0.6) is 28.7 Å². The summed E-state index contributed by atoms with van der Waals surface area (Å²) < 4.78 is 2.33. The highest BCUT2D eigenvalue weighted by Crippen LogP contribution is 2.54. The Labute approximate surface area is 212 Å². The van der Waals surface area contributed by atoms with Crippen LogP contribution in [0.2, 0.25) is 0 Å². The Bertz CT molecular complexity index is 1660. The summed E-state index contributed by atoms with van der Waals surface area (Å²) in [5.41, 5.74) is 6.81. The topological polar surface area (TPSA) is 118 Å². The van der Waals surface area contributed by atoms with Gasteiger partial charge in [-0.3, -0.25) is 0 Å². The van der Waals surface area contributed by atoms with Gasteiger partial charge < -0.3 is 35.4 Å². The highest BCUT2D eigenvalue weighted by atomic mass is 16.4. The number of nitrogens with zero attached hydrogens (tertiary/aromatic N) is 1. The normalized spacial score (nSPS) is 12.8. The maximum Gasteiger partial charge on any atom is 0.208 e. The molecule has 1 aliphatic carbocycles. The predicted molar refractivity (Wildman–Crippen MR) is 143 cm³/mol. The maximum atomic E-state index is 10.2. The molecule has 0 saturated carbocycles. The molecule has 0 unspecified atom stereocenters. The second-order valence-corrected chi connectivity index (χ2v) is 9.04. The number of aromatic hydroxyl groups is 5. The van der Waals surface area contributed by atoms with Crippen molar-refractivity contribution in [3.05, 3.63) is 95.8 Å². The molecular formula is C30H24N2O5. The fourth-order valence-electron chi connectivity index (χ4n) is 5.06. The Kier molecular flexibility index (Phi) is 5.19. The van der Waals surface area contributed by atoms with Crippen molar-refractivity contribution in [2.24, 2.45) is 0 Å². The minimum absolute atomic E-state index is 0.172. The summed E-state index contributed by atoms with van der Waals surface area (Å²) in [5, 5.41) is 54.5. The Hall–Kier alpha value is -5.04. The summed E-state index contributed by atoms with van der Waals surface area (Å²) in [7, 11) is 0. The van der Waals surface area contributed by atoms with Crippen molar-refractivity contribution in [2.75, 3.05) is 5.32 Å². The molecular weight excluding hydrogens is 468 g/mol. The lowest BCUT2D eigenvalue weighted by molar-refractivity contribution is 0.330. The van der Waals surface area contributed by atoms with E-state index in [-0.39, 0.29) is 5.56 Å². The van der Waals surface area contributed by atoms with Gasteiger partial charge in [0.25, 0.3) is 0 Å². The van der Waals surface area contributed by atoms with Crippen molar-refractivity contribution in [1.82, 2.24) is 4.57 Å². The van der Waals surface area contributed by atoms with Crippen LogP contribution in [0.15, 0.2) is 84.6 Å². The lowest BCUT2D eigenvalue weighted by Crippen LogP contribution is -2.09. The van der Waals surface area contributed by atoms with E-state index in [1.807, 2.05) is 18.2 Å². The summed E-state index contributed by atoms with van der Waals surface area (Å²) in [4.78, 5) is 0. The molecule has 7 nitrogen and oxygen atoms in total. The first-order chi connectivity index (χ1) is 17.9. The van der Waals surface area contributed by atoms with Gasteiger partial charge in [0.15, 0.2) is 11.5 Å². The third-order valence-corrected chi connectivity index (χ3v) is 6.83. The number of para-hydroxylation sites is 2. The number of allylic oxidation sites excluding steroid dienone is 1. The molecule has 0 bridgehead atoms. The number of aromatic nitrogens is 1. The van der Waals surface area contributed by atoms with E-state index in [0.29, 0.717) is 5.56 Å². The second-order valence-electron chi connectivity index (χ2n) is 9.04. The van der Waals surface area contributed by atoms with E-state index < -0.39 is 28.7 Å². The Morgan fingerprint density at radius 3 is 1.95 bits per heavy atom. The number of phenols is 5. The Balaban J connectivity index is 1.34. The largest absolute Gasteiger partial charge is 0.504 e. The highest BCUT2D eigenvalue weighted by molar-refractivity contribution is 5.94. The number of fused-ring (bicyclic) bond motifs is 3. The van der Waals surface area contributed by atoms with E-state index in [0.717, 1.165) is 29.9 Å². The molecule has 1 aromatic heterocycles. The van der Waals surface area contributed by atoms with E-state index >= 15 is 0 Å². The number of hydrogen-bond donors (Lipinski definition) is 6. The molecule has 184 valence electrons. The molecule has 4 aromatic carbocycles. The number of nitrogens with one attached hydrogen (secondary N) is 1. The third-order valence-electron chi connectivity index (χ3n) is 6.83. The summed E-state index contributed by atoms with van der Waals surface area (Å²) in [6.07, 6.45) is 3.87. The van der Waals surface area contributed by atoms with Gasteiger partial charge >= 0.3 is 0 Å². The van der Waals surface area contributed by atoms with Gasteiger partial charge in [0.1, 0.15) is 0 Å². The van der Waals surface area contributed by atoms with Crippen molar-refractivity contribution >= 4 is 22.7 Å². The summed E-state index contributed by atoms with van der Waals surface area (Å²) in [5.74, 6) is -4.21. The van der Waals surface area contributed by atoms with E-state index in [9.17, 15) is 25.5 Å². The highest BCUT2D eigenvalue weighted by Gasteiger charge is 2.24. The van der Waals surface area contributed by atoms with Crippen LogP contribution in [-0.4, -0.2) is 30.1 Å². The number of benzene rings is 4. The smallest absolute Gasteiger partial charge is 0.208 e.